The Labute approximate surface area is 92.8 Å². The van der Waals surface area contributed by atoms with Gasteiger partial charge in [0.2, 0.25) is 5.91 Å². The van der Waals surface area contributed by atoms with Crippen molar-refractivity contribution >= 4 is 5.91 Å². The first-order valence-electron chi connectivity index (χ1n) is 6.11. The summed E-state index contributed by atoms with van der Waals surface area (Å²) in [6.45, 7) is 5.69. The van der Waals surface area contributed by atoms with Crippen LogP contribution in [0, 0.1) is 17.8 Å². The van der Waals surface area contributed by atoms with E-state index in [0.717, 1.165) is 18.9 Å². The molecular formula is C12H24N2O. The minimum Gasteiger partial charge on any atom is -0.356 e. The molecule has 1 rings (SSSR count). The van der Waals surface area contributed by atoms with Crippen LogP contribution in [0.15, 0.2) is 0 Å². The van der Waals surface area contributed by atoms with E-state index in [1.165, 1.54) is 19.3 Å². The Morgan fingerprint density at radius 2 is 2.27 bits per heavy atom. The van der Waals surface area contributed by atoms with E-state index in [9.17, 15) is 4.79 Å². The molecule has 3 heteroatoms. The highest BCUT2D eigenvalue weighted by atomic mass is 16.1. The third-order valence-corrected chi connectivity index (χ3v) is 3.42. The second-order valence-corrected chi connectivity index (χ2v) is 5.01. The van der Waals surface area contributed by atoms with E-state index < -0.39 is 0 Å². The van der Waals surface area contributed by atoms with Crippen molar-refractivity contribution in [1.29, 1.82) is 0 Å². The molecular weight excluding hydrogens is 188 g/mol. The maximum absolute atomic E-state index is 11.6. The van der Waals surface area contributed by atoms with Gasteiger partial charge in [-0.25, -0.2) is 0 Å². The third-order valence-electron chi connectivity index (χ3n) is 3.42. The summed E-state index contributed by atoms with van der Waals surface area (Å²) in [5, 5.41) is 3.04. The lowest BCUT2D eigenvalue weighted by molar-refractivity contribution is -0.124. The number of carbonyl (C=O) groups is 1. The Kier molecular flexibility index (Phi) is 5.09. The molecule has 3 atom stereocenters. The van der Waals surface area contributed by atoms with Crippen LogP contribution in [0.4, 0.5) is 0 Å². The zero-order valence-corrected chi connectivity index (χ0v) is 9.96. The molecule has 0 radical (unpaired) electrons. The van der Waals surface area contributed by atoms with Crippen LogP contribution in [-0.2, 0) is 4.79 Å². The van der Waals surface area contributed by atoms with E-state index in [1.54, 1.807) is 0 Å². The molecule has 0 aromatic heterocycles. The number of nitrogens with two attached hydrogens (primary N) is 1. The number of rotatable bonds is 5. The average molecular weight is 212 g/mol. The molecule has 0 aliphatic heterocycles. The van der Waals surface area contributed by atoms with Crippen LogP contribution in [-0.4, -0.2) is 19.0 Å². The van der Waals surface area contributed by atoms with Gasteiger partial charge in [0.1, 0.15) is 0 Å². The highest BCUT2D eigenvalue weighted by Crippen LogP contribution is 2.29. The predicted octanol–water partition coefficient (Wildman–Crippen LogP) is 1.52. The second-order valence-electron chi connectivity index (χ2n) is 5.01. The van der Waals surface area contributed by atoms with Crippen LogP contribution in [0.1, 0.15) is 39.5 Å². The lowest BCUT2D eigenvalue weighted by atomic mass is 10.0. The summed E-state index contributed by atoms with van der Waals surface area (Å²) in [4.78, 5) is 11.6. The Bertz CT molecular complexity index is 206. The fraction of sp³-hybridized carbons (Fsp3) is 0.917. The summed E-state index contributed by atoms with van der Waals surface area (Å²) in [6, 6.07) is 0. The van der Waals surface area contributed by atoms with E-state index in [0.29, 0.717) is 12.5 Å². The van der Waals surface area contributed by atoms with Crippen LogP contribution < -0.4 is 11.1 Å². The van der Waals surface area contributed by atoms with E-state index in [2.05, 4.69) is 12.2 Å². The summed E-state index contributed by atoms with van der Waals surface area (Å²) >= 11 is 0. The van der Waals surface area contributed by atoms with Crippen molar-refractivity contribution in [3.05, 3.63) is 0 Å². The average Bonchev–Trinajstić information content (AvgIpc) is 2.61. The van der Waals surface area contributed by atoms with Crippen LogP contribution in [0.2, 0.25) is 0 Å². The molecule has 3 unspecified atom stereocenters. The van der Waals surface area contributed by atoms with Gasteiger partial charge >= 0.3 is 0 Å². The normalized spacial score (nSPS) is 27.7. The van der Waals surface area contributed by atoms with E-state index >= 15 is 0 Å². The number of hydrogen-bond donors (Lipinski definition) is 2. The summed E-state index contributed by atoms with van der Waals surface area (Å²) in [5.41, 5.74) is 5.42. The summed E-state index contributed by atoms with van der Waals surface area (Å²) in [5.74, 6) is 1.77. The van der Waals surface area contributed by atoms with Gasteiger partial charge in [0.05, 0.1) is 0 Å². The van der Waals surface area contributed by atoms with Crippen molar-refractivity contribution in [2.45, 2.75) is 39.5 Å². The molecule has 0 aromatic carbocycles. The van der Waals surface area contributed by atoms with Gasteiger partial charge in [0, 0.05) is 12.5 Å². The number of amides is 1. The molecule has 0 saturated heterocycles. The Morgan fingerprint density at radius 3 is 2.80 bits per heavy atom. The molecule has 1 saturated carbocycles. The molecule has 0 spiro atoms. The summed E-state index contributed by atoms with van der Waals surface area (Å²) < 4.78 is 0. The fourth-order valence-electron chi connectivity index (χ4n) is 2.31. The number of carbonyl (C=O) groups excluding carboxylic acids is 1. The van der Waals surface area contributed by atoms with Crippen LogP contribution in [0.25, 0.3) is 0 Å². The largest absolute Gasteiger partial charge is 0.356 e. The lowest BCUT2D eigenvalue weighted by Crippen LogP contribution is -2.33. The smallest absolute Gasteiger partial charge is 0.222 e. The molecule has 0 aromatic rings. The van der Waals surface area contributed by atoms with Gasteiger partial charge in [-0.15, -0.1) is 0 Å². The molecule has 0 bridgehead atoms. The Morgan fingerprint density at radius 1 is 1.53 bits per heavy atom. The van der Waals surface area contributed by atoms with Crippen molar-refractivity contribution in [1.82, 2.24) is 5.32 Å². The predicted molar refractivity (Wildman–Crippen MR) is 62.4 cm³/mol. The van der Waals surface area contributed by atoms with Crippen LogP contribution in [0.3, 0.4) is 0 Å². The lowest BCUT2D eigenvalue weighted by Gasteiger charge is -2.14. The molecule has 1 aliphatic rings. The van der Waals surface area contributed by atoms with E-state index in [4.69, 9.17) is 5.73 Å². The Hall–Kier alpha value is -0.570. The standard InChI is InChI=1S/C12H24N2O/c1-9-3-4-11(7-9)8-14-12(15)10(2)5-6-13/h9-11H,3-8,13H2,1-2H3,(H,14,15). The molecule has 1 fully saturated rings. The van der Waals surface area contributed by atoms with Gasteiger partial charge in [0.25, 0.3) is 0 Å². The van der Waals surface area contributed by atoms with Crippen molar-refractivity contribution in [2.75, 3.05) is 13.1 Å². The molecule has 1 aliphatic carbocycles. The minimum absolute atomic E-state index is 0.0637. The van der Waals surface area contributed by atoms with E-state index in [-0.39, 0.29) is 11.8 Å². The number of hydrogen-bond acceptors (Lipinski definition) is 2. The molecule has 1 amide bonds. The van der Waals surface area contributed by atoms with E-state index in [1.807, 2.05) is 6.92 Å². The second kappa shape index (κ2) is 6.11. The zero-order valence-electron chi connectivity index (χ0n) is 9.96. The summed E-state index contributed by atoms with van der Waals surface area (Å²) in [6.07, 6.45) is 4.64. The van der Waals surface area contributed by atoms with Gasteiger partial charge in [-0.05, 0) is 37.6 Å². The SMILES string of the molecule is CC1CCC(CNC(=O)C(C)CCN)C1. The Balaban J connectivity index is 2.16. The topological polar surface area (TPSA) is 55.1 Å². The van der Waals surface area contributed by atoms with Crippen LogP contribution in [0.5, 0.6) is 0 Å². The first-order chi connectivity index (χ1) is 7.13. The van der Waals surface area contributed by atoms with Gasteiger partial charge in [-0.1, -0.05) is 20.3 Å². The highest BCUT2D eigenvalue weighted by Gasteiger charge is 2.22. The minimum atomic E-state index is 0.0637. The maximum Gasteiger partial charge on any atom is 0.222 e. The van der Waals surface area contributed by atoms with Crippen molar-refractivity contribution in [2.24, 2.45) is 23.5 Å². The quantitative estimate of drug-likeness (QED) is 0.726. The molecule has 0 heterocycles. The third kappa shape index (κ3) is 4.20. The fourth-order valence-corrected chi connectivity index (χ4v) is 2.31. The van der Waals surface area contributed by atoms with Crippen LogP contribution >= 0.6 is 0 Å². The maximum atomic E-state index is 11.6. The van der Waals surface area contributed by atoms with Crippen molar-refractivity contribution in [3.8, 4) is 0 Å². The molecule has 3 N–H and O–H groups in total. The first-order valence-corrected chi connectivity index (χ1v) is 6.11. The molecule has 88 valence electrons. The van der Waals surface area contributed by atoms with Gasteiger partial charge in [-0.3, -0.25) is 4.79 Å². The van der Waals surface area contributed by atoms with Crippen molar-refractivity contribution in [3.63, 3.8) is 0 Å². The summed E-state index contributed by atoms with van der Waals surface area (Å²) in [7, 11) is 0. The van der Waals surface area contributed by atoms with Gasteiger partial charge in [-0.2, -0.15) is 0 Å². The van der Waals surface area contributed by atoms with Crippen molar-refractivity contribution < 1.29 is 4.79 Å². The first kappa shape index (κ1) is 12.5. The zero-order chi connectivity index (χ0) is 11.3. The van der Waals surface area contributed by atoms with Gasteiger partial charge < -0.3 is 11.1 Å². The molecule has 3 nitrogen and oxygen atoms in total. The highest BCUT2D eigenvalue weighted by molar-refractivity contribution is 5.78. The number of nitrogens with one attached hydrogen (secondary N) is 1. The van der Waals surface area contributed by atoms with Gasteiger partial charge in [0.15, 0.2) is 0 Å². The molecule has 15 heavy (non-hydrogen) atoms. The monoisotopic (exact) mass is 212 g/mol.